The van der Waals surface area contributed by atoms with Gasteiger partial charge in [0.1, 0.15) is 0 Å². The third kappa shape index (κ3) is 0.976. The van der Waals surface area contributed by atoms with Crippen LogP contribution in [0, 0.1) is 11.3 Å². The molecule has 0 aliphatic heterocycles. The highest BCUT2D eigenvalue weighted by molar-refractivity contribution is 5.73. The maximum absolute atomic E-state index is 11.2. The average molecular weight is 181 g/mol. The predicted molar refractivity (Wildman–Crippen MR) is 52.3 cm³/mol. The highest BCUT2D eigenvalue weighted by atomic mass is 16.2. The quantitative estimate of drug-likeness (QED) is 0.638. The van der Waals surface area contributed by atoms with Gasteiger partial charge >= 0.3 is 0 Å². The minimum Gasteiger partial charge on any atom is -0.342 e. The molecule has 0 N–H and O–H groups in total. The molecule has 2 aliphatic rings. The molecule has 0 saturated heterocycles. The van der Waals surface area contributed by atoms with Crippen molar-refractivity contribution in [1.82, 2.24) is 4.90 Å². The summed E-state index contributed by atoms with van der Waals surface area (Å²) >= 11 is 0. The van der Waals surface area contributed by atoms with Crippen LogP contribution in [0.5, 0.6) is 0 Å². The Bertz CT molecular complexity index is 234. The lowest BCUT2D eigenvalue weighted by Gasteiger charge is -2.66. The van der Waals surface area contributed by atoms with Crippen molar-refractivity contribution in [2.75, 3.05) is 7.05 Å². The molecule has 0 aromatic rings. The fraction of sp³-hybridized carbons (Fsp3) is 0.909. The van der Waals surface area contributed by atoms with Crippen LogP contribution in [0.4, 0.5) is 0 Å². The van der Waals surface area contributed by atoms with E-state index < -0.39 is 0 Å². The van der Waals surface area contributed by atoms with Crippen molar-refractivity contribution >= 4 is 5.91 Å². The standard InChI is InChI=1S/C11H19NO/c1-4-11-6-5-9(11)7-10(11)12(3)8(2)13/h9-10H,4-7H2,1-3H3. The van der Waals surface area contributed by atoms with E-state index in [-0.39, 0.29) is 5.91 Å². The van der Waals surface area contributed by atoms with Crippen LogP contribution in [-0.4, -0.2) is 23.9 Å². The molecule has 2 fully saturated rings. The number of carbonyl (C=O) groups is 1. The second-order valence-electron chi connectivity index (χ2n) is 4.70. The molecule has 0 aromatic heterocycles. The summed E-state index contributed by atoms with van der Waals surface area (Å²) in [4.78, 5) is 13.2. The van der Waals surface area contributed by atoms with Gasteiger partial charge in [-0.2, -0.15) is 0 Å². The van der Waals surface area contributed by atoms with Crippen LogP contribution in [0.25, 0.3) is 0 Å². The number of carbonyl (C=O) groups excluding carboxylic acids is 1. The average Bonchev–Trinajstić information content (AvgIpc) is 2.08. The van der Waals surface area contributed by atoms with Crippen molar-refractivity contribution in [1.29, 1.82) is 0 Å². The molecule has 2 nitrogen and oxygen atoms in total. The van der Waals surface area contributed by atoms with E-state index in [1.165, 1.54) is 25.7 Å². The van der Waals surface area contributed by atoms with Gasteiger partial charge < -0.3 is 4.90 Å². The molecule has 2 rings (SSSR count). The zero-order valence-corrected chi connectivity index (χ0v) is 8.84. The molecule has 0 radical (unpaired) electrons. The second-order valence-corrected chi connectivity index (χ2v) is 4.70. The van der Waals surface area contributed by atoms with E-state index in [2.05, 4.69) is 6.92 Å². The van der Waals surface area contributed by atoms with Crippen molar-refractivity contribution < 1.29 is 4.79 Å². The number of amides is 1. The van der Waals surface area contributed by atoms with E-state index in [0.29, 0.717) is 11.5 Å². The summed E-state index contributed by atoms with van der Waals surface area (Å²) in [5.41, 5.74) is 0.528. The van der Waals surface area contributed by atoms with Gasteiger partial charge in [-0.15, -0.1) is 0 Å². The number of nitrogens with zero attached hydrogens (tertiary/aromatic N) is 1. The predicted octanol–water partition coefficient (Wildman–Crippen LogP) is 2.04. The molecule has 3 unspecified atom stereocenters. The zero-order valence-electron chi connectivity index (χ0n) is 8.84. The van der Waals surface area contributed by atoms with E-state index >= 15 is 0 Å². The van der Waals surface area contributed by atoms with Gasteiger partial charge in [-0.3, -0.25) is 4.79 Å². The zero-order chi connectivity index (χ0) is 9.64. The van der Waals surface area contributed by atoms with E-state index in [4.69, 9.17) is 0 Å². The van der Waals surface area contributed by atoms with Gasteiger partial charge in [-0.05, 0) is 37.0 Å². The second kappa shape index (κ2) is 2.73. The van der Waals surface area contributed by atoms with Crippen molar-refractivity contribution in [3.05, 3.63) is 0 Å². The molecular formula is C11H19NO. The van der Waals surface area contributed by atoms with Crippen LogP contribution in [0.1, 0.15) is 39.5 Å². The van der Waals surface area contributed by atoms with Crippen LogP contribution >= 0.6 is 0 Å². The Morgan fingerprint density at radius 1 is 1.62 bits per heavy atom. The van der Waals surface area contributed by atoms with Crippen LogP contribution in [0.3, 0.4) is 0 Å². The monoisotopic (exact) mass is 181 g/mol. The molecular weight excluding hydrogens is 162 g/mol. The van der Waals surface area contributed by atoms with Gasteiger partial charge in [0.25, 0.3) is 0 Å². The summed E-state index contributed by atoms with van der Waals surface area (Å²) in [6.07, 6.45) is 5.25. The third-order valence-electron chi connectivity index (χ3n) is 4.57. The van der Waals surface area contributed by atoms with Crippen LogP contribution in [0.15, 0.2) is 0 Å². The van der Waals surface area contributed by atoms with Gasteiger partial charge in [0.05, 0.1) is 0 Å². The number of hydrogen-bond acceptors (Lipinski definition) is 1. The summed E-state index contributed by atoms with van der Waals surface area (Å²) in [5.74, 6) is 1.16. The first-order valence-corrected chi connectivity index (χ1v) is 5.35. The molecule has 0 spiro atoms. The molecule has 2 saturated carbocycles. The van der Waals surface area contributed by atoms with E-state index in [1.807, 2.05) is 11.9 Å². The molecule has 0 heterocycles. The Kier molecular flexibility index (Phi) is 1.90. The summed E-state index contributed by atoms with van der Waals surface area (Å²) in [6, 6.07) is 0.550. The fourth-order valence-corrected chi connectivity index (χ4v) is 3.32. The first-order chi connectivity index (χ1) is 6.12. The molecule has 2 aliphatic carbocycles. The van der Waals surface area contributed by atoms with Gasteiger partial charge in [0, 0.05) is 20.0 Å². The first kappa shape index (κ1) is 9.04. The van der Waals surface area contributed by atoms with Gasteiger partial charge in [-0.1, -0.05) is 6.92 Å². The minimum atomic E-state index is 0.225. The molecule has 0 bridgehead atoms. The molecule has 13 heavy (non-hydrogen) atoms. The maximum atomic E-state index is 11.2. The summed E-state index contributed by atoms with van der Waals surface area (Å²) in [5, 5.41) is 0. The van der Waals surface area contributed by atoms with Crippen molar-refractivity contribution in [3.8, 4) is 0 Å². The van der Waals surface area contributed by atoms with E-state index in [9.17, 15) is 4.79 Å². The highest BCUT2D eigenvalue weighted by Crippen LogP contribution is 2.64. The van der Waals surface area contributed by atoms with Crippen molar-refractivity contribution in [2.45, 2.75) is 45.6 Å². The van der Waals surface area contributed by atoms with Gasteiger partial charge in [0.15, 0.2) is 0 Å². The molecule has 0 aromatic carbocycles. The molecule has 1 amide bonds. The Labute approximate surface area is 80.3 Å². The van der Waals surface area contributed by atoms with Crippen LogP contribution in [0.2, 0.25) is 0 Å². The first-order valence-electron chi connectivity index (χ1n) is 5.35. The van der Waals surface area contributed by atoms with Crippen molar-refractivity contribution in [2.24, 2.45) is 11.3 Å². The van der Waals surface area contributed by atoms with E-state index in [1.54, 1.807) is 6.92 Å². The normalized spacial score (nSPS) is 41.5. The summed E-state index contributed by atoms with van der Waals surface area (Å²) in [7, 11) is 1.96. The Morgan fingerprint density at radius 3 is 2.62 bits per heavy atom. The summed E-state index contributed by atoms with van der Waals surface area (Å²) < 4.78 is 0. The lowest BCUT2D eigenvalue weighted by atomic mass is 9.43. The highest BCUT2D eigenvalue weighted by Gasteiger charge is 2.60. The van der Waals surface area contributed by atoms with Crippen LogP contribution in [-0.2, 0) is 4.79 Å². The lowest BCUT2D eigenvalue weighted by molar-refractivity contribution is -0.170. The van der Waals surface area contributed by atoms with Gasteiger partial charge in [0.2, 0.25) is 5.91 Å². The van der Waals surface area contributed by atoms with Gasteiger partial charge in [-0.25, -0.2) is 0 Å². The molecule has 2 heteroatoms. The lowest BCUT2D eigenvalue weighted by Crippen LogP contribution is -2.65. The topological polar surface area (TPSA) is 20.3 Å². The number of hydrogen-bond donors (Lipinski definition) is 0. The summed E-state index contributed by atoms with van der Waals surface area (Å²) in [6.45, 7) is 3.95. The molecule has 74 valence electrons. The Balaban J connectivity index is 2.06. The van der Waals surface area contributed by atoms with Crippen molar-refractivity contribution in [3.63, 3.8) is 0 Å². The smallest absolute Gasteiger partial charge is 0.219 e. The molecule has 3 atom stereocenters. The largest absolute Gasteiger partial charge is 0.342 e. The Hall–Kier alpha value is -0.530. The fourth-order valence-electron chi connectivity index (χ4n) is 3.32. The SMILES string of the molecule is CCC12CCC1CC2N(C)C(C)=O. The van der Waals surface area contributed by atoms with Crippen LogP contribution < -0.4 is 0 Å². The number of rotatable bonds is 2. The third-order valence-corrected chi connectivity index (χ3v) is 4.57. The minimum absolute atomic E-state index is 0.225. The number of fused-ring (bicyclic) bond motifs is 1. The maximum Gasteiger partial charge on any atom is 0.219 e. The Morgan fingerprint density at radius 2 is 2.31 bits per heavy atom. The van der Waals surface area contributed by atoms with E-state index in [0.717, 1.165) is 5.92 Å².